The van der Waals surface area contributed by atoms with Gasteiger partial charge in [-0.15, -0.1) is 10.2 Å². The Bertz CT molecular complexity index is 918. The number of imidazole rings is 1. The van der Waals surface area contributed by atoms with Crippen molar-refractivity contribution in [1.82, 2.24) is 19.7 Å². The molecule has 126 valence electrons. The number of nitrogens with zero attached hydrogens (tertiary/aromatic N) is 4. The number of carbonyl (C=O) groups excluding carboxylic acids is 2. The Morgan fingerprint density at radius 1 is 1.12 bits per heavy atom. The highest BCUT2D eigenvalue weighted by Crippen LogP contribution is 2.17. The molecule has 3 rings (SSSR count). The minimum atomic E-state index is -0.534. The van der Waals surface area contributed by atoms with Crippen LogP contribution in [0.15, 0.2) is 48.9 Å². The quantitative estimate of drug-likeness (QED) is 0.731. The maximum atomic E-state index is 12.3. The van der Waals surface area contributed by atoms with E-state index in [9.17, 15) is 9.59 Å². The molecule has 0 radical (unpaired) electrons. The third-order valence-corrected chi connectivity index (χ3v) is 3.44. The topological polar surface area (TPSA) is 99.0 Å². The molecule has 0 aliphatic carbocycles. The van der Waals surface area contributed by atoms with Crippen molar-refractivity contribution in [3.63, 3.8) is 0 Å². The van der Waals surface area contributed by atoms with Gasteiger partial charge in [-0.3, -0.25) is 9.36 Å². The number of hydrogen-bond donors (Lipinski definition) is 1. The number of aryl methyl sites for hydroxylation is 1. The van der Waals surface area contributed by atoms with Gasteiger partial charge in [-0.25, -0.2) is 9.78 Å². The number of nitrogens with one attached hydrogen (secondary N) is 1. The summed E-state index contributed by atoms with van der Waals surface area (Å²) in [5.74, 6) is -0.461. The Hall–Kier alpha value is -3.55. The summed E-state index contributed by atoms with van der Waals surface area (Å²) < 4.78 is 6.41. The molecule has 8 nitrogen and oxygen atoms in total. The van der Waals surface area contributed by atoms with Crippen molar-refractivity contribution in [1.29, 1.82) is 0 Å². The van der Waals surface area contributed by atoms with Gasteiger partial charge in [-0.05, 0) is 31.2 Å². The van der Waals surface area contributed by atoms with E-state index in [-0.39, 0.29) is 11.3 Å². The van der Waals surface area contributed by atoms with Crippen LogP contribution in [0, 0.1) is 6.92 Å². The van der Waals surface area contributed by atoms with Crippen LogP contribution in [-0.2, 0) is 4.74 Å². The predicted molar refractivity (Wildman–Crippen MR) is 89.6 cm³/mol. The minimum absolute atomic E-state index is 0.125. The van der Waals surface area contributed by atoms with Crippen LogP contribution in [-0.4, -0.2) is 38.7 Å². The monoisotopic (exact) mass is 337 g/mol. The zero-order chi connectivity index (χ0) is 17.8. The average molecular weight is 337 g/mol. The van der Waals surface area contributed by atoms with Crippen molar-refractivity contribution >= 4 is 17.6 Å². The van der Waals surface area contributed by atoms with E-state index in [4.69, 9.17) is 4.74 Å². The van der Waals surface area contributed by atoms with Crippen LogP contribution >= 0.6 is 0 Å². The first kappa shape index (κ1) is 16.3. The van der Waals surface area contributed by atoms with Gasteiger partial charge in [0.15, 0.2) is 11.5 Å². The first-order valence-corrected chi connectivity index (χ1v) is 7.42. The van der Waals surface area contributed by atoms with E-state index in [1.54, 1.807) is 53.5 Å². The van der Waals surface area contributed by atoms with Crippen LogP contribution in [0.3, 0.4) is 0 Å². The number of ether oxygens (including phenoxy) is 1. The van der Waals surface area contributed by atoms with Gasteiger partial charge in [-0.1, -0.05) is 12.1 Å². The average Bonchev–Trinajstić information content (AvgIpc) is 3.08. The SMILES string of the molecule is COC(=O)c1ccccc1NC(=O)c1ccc(-n2cnc(C)c2)nn1. The first-order chi connectivity index (χ1) is 12.1. The molecule has 0 aliphatic heterocycles. The number of benzene rings is 1. The van der Waals surface area contributed by atoms with E-state index in [1.165, 1.54) is 7.11 Å². The van der Waals surface area contributed by atoms with E-state index in [1.807, 2.05) is 6.92 Å². The highest BCUT2D eigenvalue weighted by Gasteiger charge is 2.15. The smallest absolute Gasteiger partial charge is 0.339 e. The molecule has 8 heteroatoms. The number of para-hydroxylation sites is 1. The molecule has 0 atom stereocenters. The third kappa shape index (κ3) is 3.52. The number of hydrogen-bond acceptors (Lipinski definition) is 6. The molecule has 1 aromatic carbocycles. The van der Waals surface area contributed by atoms with Crippen molar-refractivity contribution in [3.8, 4) is 5.82 Å². The lowest BCUT2D eigenvalue weighted by molar-refractivity contribution is 0.0602. The molecular formula is C17H15N5O3. The lowest BCUT2D eigenvalue weighted by Gasteiger charge is -2.09. The second kappa shape index (κ2) is 6.91. The van der Waals surface area contributed by atoms with E-state index < -0.39 is 11.9 Å². The Balaban J connectivity index is 1.79. The molecule has 0 unspecified atom stereocenters. The zero-order valence-electron chi connectivity index (χ0n) is 13.6. The standard InChI is InChI=1S/C17H15N5O3/c1-11-9-22(10-18-11)15-8-7-14(20-21-15)16(23)19-13-6-4-3-5-12(13)17(24)25-2/h3-10H,1-2H3,(H,19,23). The van der Waals surface area contributed by atoms with Crippen molar-refractivity contribution in [3.05, 3.63) is 65.9 Å². The summed E-state index contributed by atoms with van der Waals surface area (Å²) in [4.78, 5) is 28.2. The van der Waals surface area contributed by atoms with Crippen LogP contribution in [0.25, 0.3) is 5.82 Å². The highest BCUT2D eigenvalue weighted by atomic mass is 16.5. The Kier molecular flexibility index (Phi) is 4.51. The fourth-order valence-corrected chi connectivity index (χ4v) is 2.20. The normalized spacial score (nSPS) is 10.3. The van der Waals surface area contributed by atoms with Gasteiger partial charge >= 0.3 is 5.97 Å². The molecule has 0 saturated heterocycles. The summed E-state index contributed by atoms with van der Waals surface area (Å²) in [6.45, 7) is 1.87. The van der Waals surface area contributed by atoms with E-state index in [0.717, 1.165) is 5.69 Å². The van der Waals surface area contributed by atoms with Crippen molar-refractivity contribution < 1.29 is 14.3 Å². The molecule has 3 aromatic rings. The number of rotatable bonds is 4. The van der Waals surface area contributed by atoms with Gasteiger partial charge in [0.05, 0.1) is 24.1 Å². The van der Waals surface area contributed by atoms with E-state index >= 15 is 0 Å². The summed E-state index contributed by atoms with van der Waals surface area (Å²) in [5.41, 5.74) is 1.58. The maximum Gasteiger partial charge on any atom is 0.339 e. The summed E-state index contributed by atoms with van der Waals surface area (Å²) in [7, 11) is 1.28. The van der Waals surface area contributed by atoms with Crippen LogP contribution < -0.4 is 5.32 Å². The van der Waals surface area contributed by atoms with Crippen LogP contribution in [0.2, 0.25) is 0 Å². The molecule has 0 bridgehead atoms. The lowest BCUT2D eigenvalue weighted by Crippen LogP contribution is -2.17. The Labute approximate surface area is 143 Å². The molecule has 1 N–H and O–H groups in total. The van der Waals surface area contributed by atoms with E-state index in [2.05, 4.69) is 20.5 Å². The first-order valence-electron chi connectivity index (χ1n) is 7.42. The molecule has 0 fully saturated rings. The van der Waals surface area contributed by atoms with Crippen LogP contribution in [0.1, 0.15) is 26.5 Å². The molecule has 25 heavy (non-hydrogen) atoms. The molecule has 2 aromatic heterocycles. The maximum absolute atomic E-state index is 12.3. The zero-order valence-corrected chi connectivity index (χ0v) is 13.6. The molecule has 1 amide bonds. The summed E-state index contributed by atoms with van der Waals surface area (Å²) >= 11 is 0. The van der Waals surface area contributed by atoms with Gasteiger partial charge in [0.25, 0.3) is 5.91 Å². The molecule has 0 aliphatic rings. The predicted octanol–water partition coefficient (Wildman–Crippen LogP) is 2.01. The van der Waals surface area contributed by atoms with Crippen LogP contribution in [0.5, 0.6) is 0 Å². The molecule has 0 saturated carbocycles. The number of esters is 1. The highest BCUT2D eigenvalue weighted by molar-refractivity contribution is 6.06. The second-order valence-corrected chi connectivity index (χ2v) is 5.19. The lowest BCUT2D eigenvalue weighted by atomic mass is 10.1. The number of amides is 1. The summed E-state index contributed by atoms with van der Waals surface area (Å²) in [5, 5.41) is 10.6. The number of methoxy groups -OCH3 is 1. The van der Waals surface area contributed by atoms with Crippen molar-refractivity contribution in [2.45, 2.75) is 6.92 Å². The number of anilines is 1. The molecular weight excluding hydrogens is 322 g/mol. The number of carbonyl (C=O) groups is 2. The Morgan fingerprint density at radius 2 is 1.92 bits per heavy atom. The number of aromatic nitrogens is 4. The molecule has 0 spiro atoms. The van der Waals surface area contributed by atoms with Crippen LogP contribution in [0.4, 0.5) is 5.69 Å². The largest absolute Gasteiger partial charge is 0.465 e. The van der Waals surface area contributed by atoms with E-state index in [0.29, 0.717) is 11.5 Å². The Morgan fingerprint density at radius 3 is 2.56 bits per heavy atom. The van der Waals surface area contributed by atoms with Crippen molar-refractivity contribution in [2.75, 3.05) is 12.4 Å². The molecule has 2 heterocycles. The van der Waals surface area contributed by atoms with Gasteiger partial charge < -0.3 is 10.1 Å². The van der Waals surface area contributed by atoms with Crippen molar-refractivity contribution in [2.24, 2.45) is 0 Å². The van der Waals surface area contributed by atoms with Gasteiger partial charge in [0.1, 0.15) is 6.33 Å². The minimum Gasteiger partial charge on any atom is -0.465 e. The summed E-state index contributed by atoms with van der Waals surface area (Å²) in [6.07, 6.45) is 3.42. The van der Waals surface area contributed by atoms with Gasteiger partial charge in [0, 0.05) is 6.20 Å². The summed E-state index contributed by atoms with van der Waals surface area (Å²) in [6, 6.07) is 9.78. The second-order valence-electron chi connectivity index (χ2n) is 5.19. The fourth-order valence-electron chi connectivity index (χ4n) is 2.20. The van der Waals surface area contributed by atoms with Gasteiger partial charge in [0.2, 0.25) is 0 Å². The fraction of sp³-hybridized carbons (Fsp3) is 0.118. The third-order valence-electron chi connectivity index (χ3n) is 3.44. The van der Waals surface area contributed by atoms with Gasteiger partial charge in [-0.2, -0.15) is 0 Å².